The van der Waals surface area contributed by atoms with E-state index in [-0.39, 0.29) is 24.7 Å². The Morgan fingerprint density at radius 3 is 2.62 bits per heavy atom. The van der Waals surface area contributed by atoms with Gasteiger partial charge < -0.3 is 15.7 Å². The Balaban J connectivity index is 1.44. The first kappa shape index (κ1) is 18.3. The summed E-state index contributed by atoms with van der Waals surface area (Å²) < 4.78 is 0. The van der Waals surface area contributed by atoms with Gasteiger partial charge in [-0.3, -0.25) is 9.69 Å². The summed E-state index contributed by atoms with van der Waals surface area (Å²) in [6, 6.07) is 7.47. The minimum atomic E-state index is -0.821. The van der Waals surface area contributed by atoms with Crippen LogP contribution in [0.3, 0.4) is 0 Å². The van der Waals surface area contributed by atoms with Gasteiger partial charge in [-0.15, -0.1) is 10.2 Å². The molecular weight excluding hydrogens is 354 g/mol. The van der Waals surface area contributed by atoms with Crippen LogP contribution in [0.25, 0.3) is 10.6 Å². The van der Waals surface area contributed by atoms with Crippen molar-refractivity contribution >= 4 is 29.0 Å². The molecule has 2 amide bonds. The maximum absolute atomic E-state index is 12.1. The van der Waals surface area contributed by atoms with Crippen LogP contribution >= 0.6 is 11.3 Å². The van der Waals surface area contributed by atoms with Crippen LogP contribution < -0.4 is 10.6 Å². The van der Waals surface area contributed by atoms with Gasteiger partial charge >= 0.3 is 12.0 Å². The van der Waals surface area contributed by atoms with Crippen molar-refractivity contribution in [2.75, 3.05) is 18.4 Å². The van der Waals surface area contributed by atoms with Crippen LogP contribution in [-0.2, 0) is 4.79 Å². The fraction of sp³-hybridized carbons (Fsp3) is 0.412. The van der Waals surface area contributed by atoms with Gasteiger partial charge in [-0.05, 0) is 43.7 Å². The van der Waals surface area contributed by atoms with Gasteiger partial charge in [0.25, 0.3) is 0 Å². The van der Waals surface area contributed by atoms with Crippen molar-refractivity contribution in [2.24, 2.45) is 0 Å². The van der Waals surface area contributed by atoms with Crippen molar-refractivity contribution in [1.29, 1.82) is 0 Å². The number of amides is 2. The number of aliphatic carboxylic acids is 1. The molecule has 1 aliphatic rings. The summed E-state index contributed by atoms with van der Waals surface area (Å²) in [5.41, 5.74) is 3.34. The van der Waals surface area contributed by atoms with Crippen LogP contribution in [0.15, 0.2) is 29.8 Å². The molecule has 0 unspecified atom stereocenters. The molecule has 0 saturated heterocycles. The lowest BCUT2D eigenvalue weighted by Gasteiger charge is -2.42. The third-order valence-electron chi connectivity index (χ3n) is 4.46. The van der Waals surface area contributed by atoms with Crippen molar-refractivity contribution in [2.45, 2.75) is 31.8 Å². The Bertz CT molecular complexity index is 744. The second kappa shape index (κ2) is 8.24. The molecule has 1 heterocycles. The number of carboxylic acid groups (broad SMARTS) is 1. The highest BCUT2D eigenvalue weighted by Gasteiger charge is 2.34. The smallest absolute Gasteiger partial charge is 0.319 e. The summed E-state index contributed by atoms with van der Waals surface area (Å²) in [4.78, 5) is 24.9. The minimum Gasteiger partial charge on any atom is -0.480 e. The topological polar surface area (TPSA) is 107 Å². The molecule has 0 bridgehead atoms. The van der Waals surface area contributed by atoms with Gasteiger partial charge in [-0.1, -0.05) is 18.3 Å². The van der Waals surface area contributed by atoms with Gasteiger partial charge in [0.05, 0.1) is 6.54 Å². The lowest BCUT2D eigenvalue weighted by atomic mass is 9.85. The highest BCUT2D eigenvalue weighted by molar-refractivity contribution is 7.12. The molecule has 9 heteroatoms. The number of aromatic nitrogens is 2. The van der Waals surface area contributed by atoms with E-state index >= 15 is 0 Å². The van der Waals surface area contributed by atoms with E-state index in [1.807, 2.05) is 36.1 Å². The Hall–Kier alpha value is -2.52. The maximum atomic E-state index is 12.1. The summed E-state index contributed by atoms with van der Waals surface area (Å²) in [5, 5.41) is 23.3. The van der Waals surface area contributed by atoms with Gasteiger partial charge in [0.15, 0.2) is 0 Å². The predicted octanol–water partition coefficient (Wildman–Crippen LogP) is 2.26. The summed E-state index contributed by atoms with van der Waals surface area (Å²) in [6.07, 6.45) is 1.54. The molecule has 1 aliphatic carbocycles. The van der Waals surface area contributed by atoms with E-state index in [1.54, 1.807) is 5.51 Å². The first-order chi connectivity index (χ1) is 12.5. The fourth-order valence-electron chi connectivity index (χ4n) is 3.02. The monoisotopic (exact) mass is 375 g/mol. The molecule has 3 rings (SSSR count). The van der Waals surface area contributed by atoms with Gasteiger partial charge in [0, 0.05) is 23.3 Å². The number of carbonyl (C=O) groups is 2. The van der Waals surface area contributed by atoms with Crippen LogP contribution in [0.2, 0.25) is 0 Å². The standard InChI is InChI=1S/C17H21N5O3S/c1-2-22(9-15(23)24)14-7-13(8-14)20-17(25)19-12-5-3-11(4-6-12)16-21-18-10-26-16/h3-6,10,13-14H,2,7-9H2,1H3,(H,23,24)(H2,19,20,25). The molecule has 1 aromatic carbocycles. The summed E-state index contributed by atoms with van der Waals surface area (Å²) in [5.74, 6) is -0.821. The first-order valence-corrected chi connectivity index (χ1v) is 9.33. The summed E-state index contributed by atoms with van der Waals surface area (Å²) in [7, 11) is 0. The van der Waals surface area contributed by atoms with Gasteiger partial charge in [0.2, 0.25) is 0 Å². The average Bonchev–Trinajstić information content (AvgIpc) is 3.11. The molecule has 138 valence electrons. The number of carbonyl (C=O) groups excluding carboxylic acids is 1. The summed E-state index contributed by atoms with van der Waals surface area (Å²) in [6.45, 7) is 2.68. The molecule has 26 heavy (non-hydrogen) atoms. The number of likely N-dealkylation sites (N-methyl/N-ethyl adjacent to an activating group) is 1. The van der Waals surface area contributed by atoms with E-state index in [9.17, 15) is 9.59 Å². The number of nitrogens with one attached hydrogen (secondary N) is 2. The Morgan fingerprint density at radius 1 is 1.31 bits per heavy atom. The molecule has 1 fully saturated rings. The van der Waals surface area contributed by atoms with Crippen LogP contribution in [-0.4, -0.2) is 57.4 Å². The second-order valence-electron chi connectivity index (χ2n) is 6.20. The number of hydrogen-bond acceptors (Lipinski definition) is 6. The number of carboxylic acids is 1. The quantitative estimate of drug-likeness (QED) is 0.685. The molecule has 2 aromatic rings. The van der Waals surface area contributed by atoms with E-state index in [2.05, 4.69) is 20.8 Å². The van der Waals surface area contributed by atoms with Crippen molar-refractivity contribution in [3.63, 3.8) is 0 Å². The van der Waals surface area contributed by atoms with Crippen molar-refractivity contribution in [1.82, 2.24) is 20.4 Å². The lowest BCUT2D eigenvalue weighted by molar-refractivity contribution is -0.139. The minimum absolute atomic E-state index is 0.0427. The number of hydrogen-bond donors (Lipinski definition) is 3. The van der Waals surface area contributed by atoms with E-state index in [4.69, 9.17) is 5.11 Å². The largest absolute Gasteiger partial charge is 0.480 e. The summed E-state index contributed by atoms with van der Waals surface area (Å²) >= 11 is 1.46. The van der Waals surface area contributed by atoms with Gasteiger partial charge in [-0.25, -0.2) is 4.79 Å². The van der Waals surface area contributed by atoms with Crippen molar-refractivity contribution in [3.05, 3.63) is 29.8 Å². The number of urea groups is 1. The SMILES string of the molecule is CCN(CC(=O)O)C1CC(NC(=O)Nc2ccc(-c3nncs3)cc2)C1. The molecule has 0 radical (unpaired) electrons. The highest BCUT2D eigenvalue weighted by atomic mass is 32.1. The molecule has 0 spiro atoms. The van der Waals surface area contributed by atoms with E-state index < -0.39 is 5.97 Å². The first-order valence-electron chi connectivity index (χ1n) is 8.45. The van der Waals surface area contributed by atoms with Crippen LogP contribution in [0.5, 0.6) is 0 Å². The van der Waals surface area contributed by atoms with Crippen molar-refractivity contribution < 1.29 is 14.7 Å². The lowest BCUT2D eigenvalue weighted by Crippen LogP contribution is -2.55. The van der Waals surface area contributed by atoms with Gasteiger partial charge in [0.1, 0.15) is 10.5 Å². The highest BCUT2D eigenvalue weighted by Crippen LogP contribution is 2.26. The zero-order valence-corrected chi connectivity index (χ0v) is 15.2. The van der Waals surface area contributed by atoms with E-state index in [1.165, 1.54) is 11.3 Å². The van der Waals surface area contributed by atoms with E-state index in [0.29, 0.717) is 12.2 Å². The third kappa shape index (κ3) is 4.55. The fourth-order valence-corrected chi connectivity index (χ4v) is 3.58. The zero-order chi connectivity index (χ0) is 18.5. The molecular formula is C17H21N5O3S. The van der Waals surface area contributed by atoms with Gasteiger partial charge in [-0.2, -0.15) is 0 Å². The number of anilines is 1. The van der Waals surface area contributed by atoms with Crippen LogP contribution in [0, 0.1) is 0 Å². The second-order valence-corrected chi connectivity index (χ2v) is 7.03. The molecule has 1 saturated carbocycles. The molecule has 1 aromatic heterocycles. The molecule has 0 aliphatic heterocycles. The number of nitrogens with zero attached hydrogens (tertiary/aromatic N) is 3. The molecule has 8 nitrogen and oxygen atoms in total. The normalized spacial score (nSPS) is 19.0. The third-order valence-corrected chi connectivity index (χ3v) is 5.20. The van der Waals surface area contributed by atoms with Crippen molar-refractivity contribution in [3.8, 4) is 10.6 Å². The Kier molecular flexibility index (Phi) is 5.79. The number of rotatable bonds is 7. The maximum Gasteiger partial charge on any atom is 0.319 e. The molecule has 0 atom stereocenters. The molecule has 3 N–H and O–H groups in total. The van der Waals surface area contributed by atoms with Crippen LogP contribution in [0.1, 0.15) is 19.8 Å². The zero-order valence-electron chi connectivity index (χ0n) is 14.4. The Morgan fingerprint density at radius 2 is 2.04 bits per heavy atom. The number of benzene rings is 1. The van der Waals surface area contributed by atoms with E-state index in [0.717, 1.165) is 23.4 Å². The average molecular weight is 375 g/mol. The predicted molar refractivity (Wildman–Crippen MR) is 99.2 cm³/mol. The Labute approximate surface area is 155 Å². The van der Waals surface area contributed by atoms with Crippen LogP contribution in [0.4, 0.5) is 10.5 Å².